The molecule has 1 heteroatoms. The topological polar surface area (TPSA) is 9.23 Å². The summed E-state index contributed by atoms with van der Waals surface area (Å²) in [6, 6.07) is 4.54. The molecule has 0 unspecified atom stereocenters. The van der Waals surface area contributed by atoms with E-state index in [9.17, 15) is 0 Å². The monoisotopic (exact) mass is 230 g/mol. The quantitative estimate of drug-likeness (QED) is 0.677. The van der Waals surface area contributed by atoms with Crippen molar-refractivity contribution in [2.45, 2.75) is 46.0 Å². The lowest BCUT2D eigenvalue weighted by Crippen LogP contribution is -1.94. The number of ether oxygens (including phenoxy) is 1. The van der Waals surface area contributed by atoms with Crippen LogP contribution in [-0.4, -0.2) is 7.11 Å². The van der Waals surface area contributed by atoms with Crippen LogP contribution in [-0.2, 0) is 0 Å². The summed E-state index contributed by atoms with van der Waals surface area (Å²) in [6.07, 6.45) is 3.63. The first-order valence-corrected chi connectivity index (χ1v) is 6.36. The Balaban J connectivity index is 2.48. The van der Waals surface area contributed by atoms with Gasteiger partial charge in [-0.2, -0.15) is 0 Å². The van der Waals surface area contributed by atoms with E-state index in [1.54, 1.807) is 7.11 Å². The molecule has 0 N–H and O–H groups in total. The van der Waals surface area contributed by atoms with Gasteiger partial charge in [0.25, 0.3) is 0 Å². The largest absolute Gasteiger partial charge is 0.496 e. The number of benzene rings is 1. The maximum Gasteiger partial charge on any atom is 0.122 e. The second-order valence-electron chi connectivity index (χ2n) is 5.44. The van der Waals surface area contributed by atoms with Gasteiger partial charge in [0.05, 0.1) is 7.11 Å². The summed E-state index contributed by atoms with van der Waals surface area (Å²) < 4.78 is 5.42. The van der Waals surface area contributed by atoms with E-state index in [0.29, 0.717) is 11.8 Å². The number of fused-ring (bicyclic) bond motifs is 1. The minimum atomic E-state index is 0.592. The summed E-state index contributed by atoms with van der Waals surface area (Å²) in [7, 11) is 1.75. The van der Waals surface area contributed by atoms with Crippen LogP contribution in [0.2, 0.25) is 0 Å². The summed E-state index contributed by atoms with van der Waals surface area (Å²) >= 11 is 0. The highest BCUT2D eigenvalue weighted by atomic mass is 16.5. The van der Waals surface area contributed by atoms with Gasteiger partial charge in [0, 0.05) is 5.92 Å². The van der Waals surface area contributed by atoms with Gasteiger partial charge in [0.2, 0.25) is 0 Å². The Morgan fingerprint density at radius 2 is 2.00 bits per heavy atom. The fraction of sp³-hybridized carbons (Fsp3) is 0.500. The van der Waals surface area contributed by atoms with E-state index < -0.39 is 0 Å². The first-order valence-electron chi connectivity index (χ1n) is 6.36. The molecule has 0 fully saturated rings. The molecule has 0 bridgehead atoms. The third kappa shape index (κ3) is 2.24. The Kier molecular flexibility index (Phi) is 3.28. The molecule has 0 radical (unpaired) electrons. The highest BCUT2D eigenvalue weighted by Gasteiger charge is 2.27. The van der Waals surface area contributed by atoms with E-state index in [-0.39, 0.29) is 0 Å². The normalized spacial score (nSPS) is 22.2. The lowest BCUT2D eigenvalue weighted by Gasteiger charge is -2.11. The third-order valence-electron chi connectivity index (χ3n) is 3.67. The zero-order valence-electron chi connectivity index (χ0n) is 11.5. The van der Waals surface area contributed by atoms with Crippen molar-refractivity contribution in [3.63, 3.8) is 0 Å². The molecular weight excluding hydrogens is 208 g/mol. The summed E-state index contributed by atoms with van der Waals surface area (Å²) in [5, 5.41) is 0. The van der Waals surface area contributed by atoms with Crippen LogP contribution in [0.25, 0.3) is 0 Å². The molecule has 1 aromatic rings. The summed E-state index contributed by atoms with van der Waals surface area (Å²) in [4.78, 5) is 0. The average molecular weight is 230 g/mol. The molecular formula is C16H22O. The Morgan fingerprint density at radius 3 is 2.59 bits per heavy atom. The number of methoxy groups -OCH3 is 1. The Hall–Kier alpha value is -1.24. The zero-order chi connectivity index (χ0) is 12.6. The molecule has 17 heavy (non-hydrogen) atoms. The van der Waals surface area contributed by atoms with Crippen molar-refractivity contribution >= 4 is 0 Å². The van der Waals surface area contributed by atoms with Gasteiger partial charge in [-0.25, -0.2) is 0 Å². The van der Waals surface area contributed by atoms with Gasteiger partial charge in [-0.05, 0) is 55.9 Å². The van der Waals surface area contributed by atoms with Crippen molar-refractivity contribution < 1.29 is 4.74 Å². The molecule has 0 heterocycles. The summed E-state index contributed by atoms with van der Waals surface area (Å²) in [5.41, 5.74) is 5.61. The van der Waals surface area contributed by atoms with Crippen molar-refractivity contribution in [1.82, 2.24) is 0 Å². The van der Waals surface area contributed by atoms with Crippen molar-refractivity contribution in [2.24, 2.45) is 0 Å². The first kappa shape index (κ1) is 12.2. The zero-order valence-corrected chi connectivity index (χ0v) is 11.5. The van der Waals surface area contributed by atoms with Gasteiger partial charge in [-0.1, -0.05) is 24.6 Å². The molecule has 1 nitrogen and oxygen atoms in total. The Bertz CT molecular complexity index is 453. The van der Waals surface area contributed by atoms with Gasteiger partial charge >= 0.3 is 0 Å². The molecule has 0 saturated carbocycles. The van der Waals surface area contributed by atoms with E-state index in [4.69, 9.17) is 4.74 Å². The lowest BCUT2D eigenvalue weighted by atomic mass is 9.97. The van der Waals surface area contributed by atoms with Crippen LogP contribution >= 0.6 is 0 Å². The van der Waals surface area contributed by atoms with Crippen LogP contribution in [0.3, 0.4) is 0 Å². The number of aryl methyl sites for hydroxylation is 1. The highest BCUT2D eigenvalue weighted by Crippen LogP contribution is 2.44. The van der Waals surface area contributed by atoms with Gasteiger partial charge < -0.3 is 4.74 Å². The average Bonchev–Trinajstić information content (AvgIpc) is 2.53. The third-order valence-corrected chi connectivity index (χ3v) is 3.67. The van der Waals surface area contributed by atoms with Crippen LogP contribution in [0.1, 0.15) is 55.7 Å². The van der Waals surface area contributed by atoms with Crippen LogP contribution in [0, 0.1) is 6.92 Å². The van der Waals surface area contributed by atoms with E-state index in [1.165, 1.54) is 28.7 Å². The fourth-order valence-electron chi connectivity index (χ4n) is 2.89. The SMILES string of the molecule is COc1cc2c(cc1C)[C@@H](C=C(C)C)C[C@@H]2C. The van der Waals surface area contributed by atoms with E-state index >= 15 is 0 Å². The molecule has 1 aliphatic carbocycles. The van der Waals surface area contributed by atoms with E-state index in [2.05, 4.69) is 45.9 Å². The molecule has 0 spiro atoms. The van der Waals surface area contributed by atoms with Crippen molar-refractivity contribution in [2.75, 3.05) is 7.11 Å². The second kappa shape index (κ2) is 4.56. The number of allylic oxidation sites excluding steroid dienone is 2. The molecule has 0 aliphatic heterocycles. The van der Waals surface area contributed by atoms with Gasteiger partial charge in [0.15, 0.2) is 0 Å². The second-order valence-corrected chi connectivity index (χ2v) is 5.44. The number of rotatable bonds is 2. The van der Waals surface area contributed by atoms with E-state index in [0.717, 1.165) is 5.75 Å². The van der Waals surface area contributed by atoms with Gasteiger partial charge in [0.1, 0.15) is 5.75 Å². The Labute approximate surface area is 104 Å². The molecule has 2 rings (SSSR count). The number of hydrogen-bond acceptors (Lipinski definition) is 1. The predicted octanol–water partition coefficient (Wildman–Crippen LogP) is 4.56. The Morgan fingerprint density at radius 1 is 1.29 bits per heavy atom. The number of hydrogen-bond donors (Lipinski definition) is 0. The molecule has 92 valence electrons. The van der Waals surface area contributed by atoms with Crippen molar-refractivity contribution in [3.8, 4) is 5.75 Å². The molecule has 0 amide bonds. The minimum absolute atomic E-state index is 0.592. The van der Waals surface area contributed by atoms with Crippen molar-refractivity contribution in [1.29, 1.82) is 0 Å². The first-order chi connectivity index (χ1) is 8.02. The summed E-state index contributed by atoms with van der Waals surface area (Å²) in [6.45, 7) is 8.80. The lowest BCUT2D eigenvalue weighted by molar-refractivity contribution is 0.411. The molecule has 2 atom stereocenters. The minimum Gasteiger partial charge on any atom is -0.496 e. The van der Waals surface area contributed by atoms with Crippen LogP contribution in [0.4, 0.5) is 0 Å². The summed E-state index contributed by atoms with van der Waals surface area (Å²) in [5.74, 6) is 2.25. The molecule has 1 aliphatic rings. The van der Waals surface area contributed by atoms with Gasteiger partial charge in [-0.3, -0.25) is 0 Å². The maximum absolute atomic E-state index is 5.42. The van der Waals surface area contributed by atoms with Crippen LogP contribution < -0.4 is 4.74 Å². The van der Waals surface area contributed by atoms with Gasteiger partial charge in [-0.15, -0.1) is 0 Å². The predicted molar refractivity (Wildman–Crippen MR) is 72.9 cm³/mol. The standard InChI is InChI=1S/C16H22O/c1-10(2)6-13-7-11(3)14-9-16(17-5)12(4)8-15(13)14/h6,8-9,11,13H,7H2,1-5H3/t11-,13-/m0/s1. The maximum atomic E-state index is 5.42. The molecule has 0 aromatic heterocycles. The molecule has 0 saturated heterocycles. The fourth-order valence-corrected chi connectivity index (χ4v) is 2.89. The highest BCUT2D eigenvalue weighted by molar-refractivity contribution is 5.49. The van der Waals surface area contributed by atoms with E-state index in [1.807, 2.05) is 0 Å². The van der Waals surface area contributed by atoms with Crippen LogP contribution in [0.15, 0.2) is 23.8 Å². The molecule has 1 aromatic carbocycles. The van der Waals surface area contributed by atoms with Crippen LogP contribution in [0.5, 0.6) is 5.75 Å². The smallest absolute Gasteiger partial charge is 0.122 e. The van der Waals surface area contributed by atoms with Crippen molar-refractivity contribution in [3.05, 3.63) is 40.5 Å².